The highest BCUT2D eigenvalue weighted by Gasteiger charge is 2.38. The molecule has 2 aromatic carbocycles. The Hall–Kier alpha value is -3.10. The van der Waals surface area contributed by atoms with Crippen LogP contribution >= 0.6 is 0 Å². The molecule has 204 valence electrons. The van der Waals surface area contributed by atoms with Crippen LogP contribution in [-0.2, 0) is 42.1 Å². The average Bonchev–Trinajstić information content (AvgIpc) is 3.19. The fourth-order valence-corrected chi connectivity index (χ4v) is 5.44. The van der Waals surface area contributed by atoms with Crippen molar-refractivity contribution < 1.29 is 18.7 Å². The summed E-state index contributed by atoms with van der Waals surface area (Å²) in [6.07, 6.45) is 3.43. The number of nitrogens with one attached hydrogen (secondary N) is 2. The lowest BCUT2D eigenvalue weighted by Crippen LogP contribution is -2.54. The second kappa shape index (κ2) is 10.9. The quantitative estimate of drug-likeness (QED) is 0.415. The molecule has 0 radical (unpaired) electrons. The predicted octanol–water partition coefficient (Wildman–Crippen LogP) is 4.08. The van der Waals surface area contributed by atoms with Crippen molar-refractivity contribution in [1.29, 1.82) is 0 Å². The number of aliphatic hydroxyl groups excluding tert-OH is 1. The molecule has 3 aromatic rings. The summed E-state index contributed by atoms with van der Waals surface area (Å²) in [5.74, 6) is -1.71. The molecular formula is C30H38F2N4O2. The summed E-state index contributed by atoms with van der Waals surface area (Å²) in [6, 6.07) is 11.1. The summed E-state index contributed by atoms with van der Waals surface area (Å²) in [5.41, 5.74) is 4.49. The number of aliphatic hydroxyl groups is 1. The molecule has 0 fully saturated rings. The number of carbonyl (C=O) groups is 1. The number of aromatic nitrogens is 2. The van der Waals surface area contributed by atoms with E-state index in [4.69, 9.17) is 0 Å². The Bertz CT molecular complexity index is 1280. The maximum absolute atomic E-state index is 13.8. The van der Waals surface area contributed by atoms with Gasteiger partial charge in [-0.3, -0.25) is 9.48 Å². The minimum Gasteiger partial charge on any atom is -0.390 e. The number of rotatable bonds is 8. The lowest BCUT2D eigenvalue weighted by Gasteiger charge is -2.40. The van der Waals surface area contributed by atoms with Crippen molar-refractivity contribution >= 4 is 5.91 Å². The summed E-state index contributed by atoms with van der Waals surface area (Å²) >= 11 is 0. The molecule has 1 aliphatic carbocycles. The number of aryl methyl sites for hydroxylation is 2. The van der Waals surface area contributed by atoms with E-state index < -0.39 is 29.3 Å². The number of amides is 1. The molecule has 1 aromatic heterocycles. The summed E-state index contributed by atoms with van der Waals surface area (Å²) < 4.78 is 29.4. The van der Waals surface area contributed by atoms with Gasteiger partial charge in [0.05, 0.1) is 17.8 Å². The first-order valence-electron chi connectivity index (χ1n) is 13.1. The number of carbonyl (C=O) groups excluding carboxylic acids is 1. The van der Waals surface area contributed by atoms with Crippen molar-refractivity contribution in [2.24, 2.45) is 7.05 Å². The van der Waals surface area contributed by atoms with Gasteiger partial charge in [-0.1, -0.05) is 45.0 Å². The Kier molecular flexibility index (Phi) is 8.04. The van der Waals surface area contributed by atoms with Crippen molar-refractivity contribution in [3.8, 4) is 0 Å². The molecule has 3 N–H and O–H groups in total. The zero-order valence-corrected chi connectivity index (χ0v) is 22.8. The summed E-state index contributed by atoms with van der Waals surface area (Å²) in [4.78, 5) is 11.9. The van der Waals surface area contributed by atoms with E-state index in [1.165, 1.54) is 24.6 Å². The van der Waals surface area contributed by atoms with Crippen LogP contribution in [0.2, 0.25) is 0 Å². The van der Waals surface area contributed by atoms with E-state index >= 15 is 0 Å². The number of fused-ring (bicyclic) bond motifs is 1. The van der Waals surface area contributed by atoms with Gasteiger partial charge in [-0.05, 0) is 65.5 Å². The van der Waals surface area contributed by atoms with E-state index in [0.29, 0.717) is 12.0 Å². The van der Waals surface area contributed by atoms with Crippen LogP contribution in [0, 0.1) is 11.6 Å². The van der Waals surface area contributed by atoms with E-state index in [2.05, 4.69) is 60.8 Å². The van der Waals surface area contributed by atoms with Gasteiger partial charge in [-0.15, -0.1) is 0 Å². The zero-order valence-electron chi connectivity index (χ0n) is 22.8. The molecular weight excluding hydrogens is 486 g/mol. The minimum absolute atomic E-state index is 0.0262. The Labute approximate surface area is 223 Å². The molecule has 0 spiro atoms. The first-order chi connectivity index (χ1) is 17.8. The second-order valence-electron chi connectivity index (χ2n) is 11.6. The smallest absolute Gasteiger partial charge is 0.217 e. The fourth-order valence-electron chi connectivity index (χ4n) is 5.44. The van der Waals surface area contributed by atoms with Gasteiger partial charge in [0.2, 0.25) is 5.91 Å². The van der Waals surface area contributed by atoms with Gasteiger partial charge < -0.3 is 15.7 Å². The highest BCUT2D eigenvalue weighted by molar-refractivity contribution is 5.73. The van der Waals surface area contributed by atoms with Crippen molar-refractivity contribution in [2.45, 2.75) is 76.5 Å². The van der Waals surface area contributed by atoms with Crippen LogP contribution in [0.5, 0.6) is 0 Å². The molecule has 1 amide bonds. The molecule has 1 aliphatic rings. The van der Waals surface area contributed by atoms with Crippen molar-refractivity contribution in [1.82, 2.24) is 20.4 Å². The van der Waals surface area contributed by atoms with Gasteiger partial charge in [0.1, 0.15) is 11.6 Å². The molecule has 38 heavy (non-hydrogen) atoms. The van der Waals surface area contributed by atoms with Crippen molar-refractivity contribution in [3.63, 3.8) is 0 Å². The molecule has 0 aliphatic heterocycles. The Balaban J connectivity index is 1.62. The van der Waals surface area contributed by atoms with E-state index in [0.717, 1.165) is 35.7 Å². The van der Waals surface area contributed by atoms with Crippen LogP contribution < -0.4 is 10.6 Å². The third-order valence-electron chi connectivity index (χ3n) is 7.43. The number of nitrogens with zero attached hydrogens (tertiary/aromatic N) is 2. The Morgan fingerprint density at radius 2 is 1.89 bits per heavy atom. The molecule has 3 unspecified atom stereocenters. The molecule has 8 heteroatoms. The van der Waals surface area contributed by atoms with Gasteiger partial charge in [0.25, 0.3) is 0 Å². The maximum atomic E-state index is 13.8. The lowest BCUT2D eigenvalue weighted by molar-refractivity contribution is -0.120. The van der Waals surface area contributed by atoms with E-state index in [9.17, 15) is 18.7 Å². The molecule has 4 rings (SSSR count). The van der Waals surface area contributed by atoms with Crippen molar-refractivity contribution in [2.75, 3.05) is 6.54 Å². The molecule has 0 saturated heterocycles. The second-order valence-corrected chi connectivity index (χ2v) is 11.6. The molecule has 0 saturated carbocycles. The number of hydrogen-bond acceptors (Lipinski definition) is 4. The SMILES string of the molecule is CC(=O)NC(Cc1cc(F)cc(F)c1)C(O)CNC1(c2cccc(C(C)(C)C)c2)CCc2nn(C)cc2C1. The molecule has 3 atom stereocenters. The van der Waals surface area contributed by atoms with Crippen LogP contribution in [0.4, 0.5) is 8.78 Å². The fraction of sp³-hybridized carbons (Fsp3) is 0.467. The maximum Gasteiger partial charge on any atom is 0.217 e. The average molecular weight is 525 g/mol. The third kappa shape index (κ3) is 6.48. The first-order valence-corrected chi connectivity index (χ1v) is 13.1. The zero-order chi connectivity index (χ0) is 27.7. The normalized spacial score (nSPS) is 19.1. The van der Waals surface area contributed by atoms with Gasteiger partial charge >= 0.3 is 0 Å². The summed E-state index contributed by atoms with van der Waals surface area (Å²) in [6.45, 7) is 8.10. The van der Waals surface area contributed by atoms with Crippen molar-refractivity contribution in [3.05, 3.63) is 88.2 Å². The van der Waals surface area contributed by atoms with E-state index in [1.54, 1.807) is 0 Å². The topological polar surface area (TPSA) is 79.2 Å². The van der Waals surface area contributed by atoms with Crippen LogP contribution in [0.25, 0.3) is 0 Å². The van der Waals surface area contributed by atoms with Gasteiger partial charge in [0, 0.05) is 38.3 Å². The minimum atomic E-state index is -0.997. The largest absolute Gasteiger partial charge is 0.390 e. The lowest BCUT2D eigenvalue weighted by atomic mass is 9.74. The van der Waals surface area contributed by atoms with Crippen LogP contribution in [0.1, 0.15) is 62.1 Å². The molecule has 1 heterocycles. The number of halogens is 2. The third-order valence-corrected chi connectivity index (χ3v) is 7.43. The van der Waals surface area contributed by atoms with Gasteiger partial charge in [-0.2, -0.15) is 5.10 Å². The number of hydrogen-bond donors (Lipinski definition) is 3. The van der Waals surface area contributed by atoms with Gasteiger partial charge in [0.15, 0.2) is 0 Å². The highest BCUT2D eigenvalue weighted by Crippen LogP contribution is 2.38. The van der Waals surface area contributed by atoms with Crippen LogP contribution in [-0.4, -0.2) is 39.5 Å². The van der Waals surface area contributed by atoms with Crippen LogP contribution in [0.3, 0.4) is 0 Å². The molecule has 0 bridgehead atoms. The van der Waals surface area contributed by atoms with E-state index in [1.807, 2.05) is 17.9 Å². The summed E-state index contributed by atoms with van der Waals surface area (Å²) in [7, 11) is 1.92. The Morgan fingerprint density at radius 3 is 2.55 bits per heavy atom. The van der Waals surface area contributed by atoms with Gasteiger partial charge in [-0.25, -0.2) is 8.78 Å². The monoisotopic (exact) mass is 524 g/mol. The molecule has 6 nitrogen and oxygen atoms in total. The summed E-state index contributed by atoms with van der Waals surface area (Å²) in [5, 5.41) is 22.3. The van der Waals surface area contributed by atoms with E-state index in [-0.39, 0.29) is 24.3 Å². The number of benzene rings is 2. The highest BCUT2D eigenvalue weighted by atomic mass is 19.1. The standard InChI is InChI=1S/C30H38F2N4O2/c1-19(37)34-27(13-20-11-24(31)15-25(32)12-20)28(38)17-33-30(10-9-26-21(16-30)18-36(5)35-26)23-8-6-7-22(14-23)29(2,3)4/h6-8,11-12,14-15,18,27-28,33,38H,9-10,13,16-17H2,1-5H3,(H,34,37). The first kappa shape index (κ1) is 27.9. The van der Waals surface area contributed by atoms with Crippen LogP contribution in [0.15, 0.2) is 48.7 Å². The Morgan fingerprint density at radius 1 is 1.18 bits per heavy atom. The predicted molar refractivity (Wildman–Crippen MR) is 144 cm³/mol.